The Balaban J connectivity index is 2.15. The Hall–Kier alpha value is -2.23. The van der Waals surface area contributed by atoms with Gasteiger partial charge < -0.3 is 0 Å². The quantitative estimate of drug-likeness (QED) is 0.792. The van der Waals surface area contributed by atoms with Gasteiger partial charge >= 0.3 is 0 Å². The smallest absolute Gasteiger partial charge is 0.162 e. The topological polar surface area (TPSA) is 43.6 Å². The standard InChI is InChI=1S/C17H20N4/c1-3-8-13(4-2)16-15-11-18-12-19-17(15)21(20-16)14-9-6-5-7-10-14/h3-4,8,11-12,14H,1-2,5-7,9-10H2/b13-8+. The highest BCUT2D eigenvalue weighted by Gasteiger charge is 2.21. The third-order valence-electron chi connectivity index (χ3n) is 4.08. The Morgan fingerprint density at radius 3 is 2.76 bits per heavy atom. The molecule has 0 unspecified atom stereocenters. The van der Waals surface area contributed by atoms with E-state index in [2.05, 4.69) is 27.8 Å². The summed E-state index contributed by atoms with van der Waals surface area (Å²) in [5.74, 6) is 0. The zero-order valence-electron chi connectivity index (χ0n) is 12.2. The van der Waals surface area contributed by atoms with Crippen LogP contribution in [0, 0.1) is 0 Å². The van der Waals surface area contributed by atoms with Crippen LogP contribution in [-0.2, 0) is 0 Å². The molecule has 0 N–H and O–H groups in total. The lowest BCUT2D eigenvalue weighted by molar-refractivity contribution is 0.335. The lowest BCUT2D eigenvalue weighted by Gasteiger charge is -2.22. The van der Waals surface area contributed by atoms with Gasteiger partial charge in [0.1, 0.15) is 12.0 Å². The van der Waals surface area contributed by atoms with E-state index in [0.717, 1.165) is 22.3 Å². The Morgan fingerprint density at radius 1 is 1.24 bits per heavy atom. The van der Waals surface area contributed by atoms with Gasteiger partial charge in [0.2, 0.25) is 0 Å². The number of fused-ring (bicyclic) bond motifs is 1. The van der Waals surface area contributed by atoms with E-state index in [-0.39, 0.29) is 0 Å². The Kier molecular flexibility index (Phi) is 3.95. The molecule has 0 radical (unpaired) electrons. The van der Waals surface area contributed by atoms with Crippen molar-refractivity contribution < 1.29 is 0 Å². The number of allylic oxidation sites excluding steroid dienone is 4. The molecule has 0 bridgehead atoms. The summed E-state index contributed by atoms with van der Waals surface area (Å²) in [4.78, 5) is 8.61. The predicted octanol–water partition coefficient (Wildman–Crippen LogP) is 4.09. The van der Waals surface area contributed by atoms with E-state index in [4.69, 9.17) is 5.10 Å². The summed E-state index contributed by atoms with van der Waals surface area (Å²) in [5, 5.41) is 5.81. The van der Waals surface area contributed by atoms with Gasteiger partial charge in [-0.2, -0.15) is 5.10 Å². The molecule has 21 heavy (non-hydrogen) atoms. The molecular weight excluding hydrogens is 260 g/mol. The maximum Gasteiger partial charge on any atom is 0.162 e. The first-order valence-corrected chi connectivity index (χ1v) is 7.49. The van der Waals surface area contributed by atoms with Crippen LogP contribution in [0.4, 0.5) is 0 Å². The summed E-state index contributed by atoms with van der Waals surface area (Å²) in [5.41, 5.74) is 2.77. The molecule has 1 aliphatic rings. The second-order valence-corrected chi connectivity index (χ2v) is 5.41. The minimum atomic E-state index is 0.444. The maximum absolute atomic E-state index is 4.83. The fraction of sp³-hybridized carbons (Fsp3) is 0.353. The van der Waals surface area contributed by atoms with E-state index in [1.54, 1.807) is 12.4 Å². The lowest BCUT2D eigenvalue weighted by Crippen LogP contribution is -2.14. The Bertz CT molecular complexity index is 690. The first kappa shape index (κ1) is 13.7. The van der Waals surface area contributed by atoms with E-state index in [0.29, 0.717) is 6.04 Å². The van der Waals surface area contributed by atoms with Crippen molar-refractivity contribution >= 4 is 16.6 Å². The number of rotatable bonds is 4. The van der Waals surface area contributed by atoms with Crippen LogP contribution in [0.1, 0.15) is 43.8 Å². The fourth-order valence-corrected chi connectivity index (χ4v) is 3.05. The first-order valence-electron chi connectivity index (χ1n) is 7.49. The first-order chi connectivity index (χ1) is 10.3. The molecular formula is C17H20N4. The van der Waals surface area contributed by atoms with Crippen molar-refractivity contribution in [1.29, 1.82) is 0 Å². The molecule has 0 spiro atoms. The normalized spacial score (nSPS) is 17.0. The fourth-order valence-electron chi connectivity index (χ4n) is 3.05. The van der Waals surface area contributed by atoms with Crippen molar-refractivity contribution in [2.45, 2.75) is 38.1 Å². The zero-order chi connectivity index (χ0) is 14.7. The second-order valence-electron chi connectivity index (χ2n) is 5.41. The number of hydrogen-bond donors (Lipinski definition) is 0. The average Bonchev–Trinajstić information content (AvgIpc) is 2.93. The molecule has 0 aliphatic heterocycles. The Labute approximate surface area is 124 Å². The Morgan fingerprint density at radius 2 is 2.05 bits per heavy atom. The molecule has 1 aliphatic carbocycles. The molecule has 2 heterocycles. The van der Waals surface area contributed by atoms with Crippen LogP contribution in [0.5, 0.6) is 0 Å². The van der Waals surface area contributed by atoms with Crippen molar-refractivity contribution in [1.82, 2.24) is 19.7 Å². The highest BCUT2D eigenvalue weighted by atomic mass is 15.3. The average molecular weight is 280 g/mol. The molecule has 1 fully saturated rings. The monoisotopic (exact) mass is 280 g/mol. The van der Waals surface area contributed by atoms with Gasteiger partial charge in [-0.05, 0) is 12.8 Å². The van der Waals surface area contributed by atoms with Crippen LogP contribution < -0.4 is 0 Å². The largest absolute Gasteiger partial charge is 0.244 e. The minimum absolute atomic E-state index is 0.444. The number of nitrogens with zero attached hydrogens (tertiary/aromatic N) is 4. The zero-order valence-corrected chi connectivity index (χ0v) is 12.2. The summed E-state index contributed by atoms with van der Waals surface area (Å²) < 4.78 is 2.09. The van der Waals surface area contributed by atoms with Crippen molar-refractivity contribution in [2.24, 2.45) is 0 Å². The molecule has 4 heteroatoms. The maximum atomic E-state index is 4.83. The van der Waals surface area contributed by atoms with Crippen LogP contribution in [0.3, 0.4) is 0 Å². The molecule has 0 aromatic carbocycles. The van der Waals surface area contributed by atoms with Gasteiger partial charge in [0.05, 0.1) is 11.4 Å². The molecule has 0 saturated heterocycles. The summed E-state index contributed by atoms with van der Waals surface area (Å²) in [6.45, 7) is 7.64. The minimum Gasteiger partial charge on any atom is -0.244 e. The SMILES string of the molecule is C=C/C=C(\C=C)c1nn(C2CCCCC2)c2ncncc12. The molecule has 0 amide bonds. The van der Waals surface area contributed by atoms with E-state index in [1.807, 2.05) is 18.3 Å². The van der Waals surface area contributed by atoms with E-state index in [1.165, 1.54) is 32.1 Å². The third-order valence-corrected chi connectivity index (χ3v) is 4.08. The molecule has 108 valence electrons. The highest BCUT2D eigenvalue weighted by Crippen LogP contribution is 2.32. The lowest BCUT2D eigenvalue weighted by atomic mass is 9.96. The highest BCUT2D eigenvalue weighted by molar-refractivity contribution is 5.91. The van der Waals surface area contributed by atoms with Gasteiger partial charge in [-0.3, -0.25) is 0 Å². The van der Waals surface area contributed by atoms with Crippen molar-refractivity contribution in [3.8, 4) is 0 Å². The van der Waals surface area contributed by atoms with Gasteiger partial charge in [-0.15, -0.1) is 0 Å². The van der Waals surface area contributed by atoms with Gasteiger partial charge in [0.15, 0.2) is 5.65 Å². The summed E-state index contributed by atoms with van der Waals surface area (Å²) in [6.07, 6.45) is 15.1. The van der Waals surface area contributed by atoms with E-state index in [9.17, 15) is 0 Å². The van der Waals surface area contributed by atoms with Gasteiger partial charge in [0.25, 0.3) is 0 Å². The van der Waals surface area contributed by atoms with Crippen molar-refractivity contribution in [3.05, 3.63) is 49.6 Å². The van der Waals surface area contributed by atoms with Gasteiger partial charge in [0, 0.05) is 11.8 Å². The molecule has 4 nitrogen and oxygen atoms in total. The van der Waals surface area contributed by atoms with Crippen LogP contribution >= 0.6 is 0 Å². The molecule has 0 atom stereocenters. The third kappa shape index (κ3) is 2.53. The van der Waals surface area contributed by atoms with Gasteiger partial charge in [-0.1, -0.05) is 50.6 Å². The molecule has 3 rings (SSSR count). The summed E-state index contributed by atoms with van der Waals surface area (Å²) >= 11 is 0. The summed E-state index contributed by atoms with van der Waals surface area (Å²) in [6, 6.07) is 0.444. The molecule has 1 saturated carbocycles. The second kappa shape index (κ2) is 6.04. The summed E-state index contributed by atoms with van der Waals surface area (Å²) in [7, 11) is 0. The molecule has 2 aromatic rings. The number of hydrogen-bond acceptors (Lipinski definition) is 3. The predicted molar refractivity (Wildman–Crippen MR) is 85.8 cm³/mol. The van der Waals surface area contributed by atoms with Crippen molar-refractivity contribution in [3.63, 3.8) is 0 Å². The molecule has 2 aromatic heterocycles. The van der Waals surface area contributed by atoms with Crippen LogP contribution in [-0.4, -0.2) is 19.7 Å². The van der Waals surface area contributed by atoms with Crippen LogP contribution in [0.15, 0.2) is 43.9 Å². The van der Waals surface area contributed by atoms with E-state index < -0.39 is 0 Å². The van der Waals surface area contributed by atoms with Crippen LogP contribution in [0.25, 0.3) is 16.6 Å². The van der Waals surface area contributed by atoms with E-state index >= 15 is 0 Å². The van der Waals surface area contributed by atoms with Gasteiger partial charge in [-0.25, -0.2) is 14.6 Å². The van der Waals surface area contributed by atoms with Crippen LogP contribution in [0.2, 0.25) is 0 Å². The number of aromatic nitrogens is 4. The van der Waals surface area contributed by atoms with Crippen molar-refractivity contribution in [2.75, 3.05) is 0 Å².